The average molecular weight is 317 g/mol. The van der Waals surface area contributed by atoms with Crippen LogP contribution in [0.2, 0.25) is 10.0 Å². The summed E-state index contributed by atoms with van der Waals surface area (Å²) in [5.41, 5.74) is 0. The van der Waals surface area contributed by atoms with Gasteiger partial charge in [-0.3, -0.25) is 4.90 Å². The standard InChI is InChI=1S/C15H22Cl2N2O/c1-2-7-19(13-5-6-18-11-13)8-9-20-15-4-3-12(16)10-14(15)17/h3-4,10,13,18H,2,5-9,11H2,1H3. The van der Waals surface area contributed by atoms with Gasteiger partial charge in [-0.25, -0.2) is 0 Å². The second-order valence-electron chi connectivity index (χ2n) is 5.11. The number of halogens is 2. The van der Waals surface area contributed by atoms with Crippen LogP contribution >= 0.6 is 23.2 Å². The van der Waals surface area contributed by atoms with Crippen molar-refractivity contribution in [2.75, 3.05) is 32.8 Å². The lowest BCUT2D eigenvalue weighted by atomic mass is 10.2. The van der Waals surface area contributed by atoms with Gasteiger partial charge in [0.05, 0.1) is 5.02 Å². The van der Waals surface area contributed by atoms with Crippen LogP contribution in [0.1, 0.15) is 19.8 Å². The number of hydrogen-bond donors (Lipinski definition) is 1. The molecule has 1 heterocycles. The van der Waals surface area contributed by atoms with E-state index in [2.05, 4.69) is 17.1 Å². The van der Waals surface area contributed by atoms with E-state index in [-0.39, 0.29) is 0 Å². The Morgan fingerprint density at radius 1 is 1.35 bits per heavy atom. The Kier molecular flexibility index (Phi) is 6.43. The molecule has 112 valence electrons. The fraction of sp³-hybridized carbons (Fsp3) is 0.600. The fourth-order valence-electron chi connectivity index (χ4n) is 2.58. The zero-order valence-corrected chi connectivity index (χ0v) is 13.4. The molecule has 3 nitrogen and oxygen atoms in total. The van der Waals surface area contributed by atoms with Gasteiger partial charge in [0.15, 0.2) is 0 Å². The van der Waals surface area contributed by atoms with Crippen LogP contribution < -0.4 is 10.1 Å². The summed E-state index contributed by atoms with van der Waals surface area (Å²) >= 11 is 12.0. The van der Waals surface area contributed by atoms with Gasteiger partial charge in [0.1, 0.15) is 12.4 Å². The lowest BCUT2D eigenvalue weighted by Gasteiger charge is -2.27. The number of rotatable bonds is 7. The van der Waals surface area contributed by atoms with E-state index in [0.717, 1.165) is 32.6 Å². The topological polar surface area (TPSA) is 24.5 Å². The van der Waals surface area contributed by atoms with Crippen LogP contribution in [-0.2, 0) is 0 Å². The summed E-state index contributed by atoms with van der Waals surface area (Å²) in [6, 6.07) is 5.97. The van der Waals surface area contributed by atoms with Crippen LogP contribution in [0.15, 0.2) is 18.2 Å². The lowest BCUT2D eigenvalue weighted by molar-refractivity contribution is 0.167. The van der Waals surface area contributed by atoms with E-state index in [4.69, 9.17) is 27.9 Å². The first-order valence-corrected chi connectivity index (χ1v) is 7.99. The molecular weight excluding hydrogens is 295 g/mol. The molecule has 0 amide bonds. The number of hydrogen-bond acceptors (Lipinski definition) is 3. The smallest absolute Gasteiger partial charge is 0.138 e. The first-order valence-electron chi connectivity index (χ1n) is 7.23. The van der Waals surface area contributed by atoms with Crippen molar-refractivity contribution in [3.8, 4) is 5.75 Å². The Morgan fingerprint density at radius 2 is 2.20 bits per heavy atom. The number of nitrogens with zero attached hydrogens (tertiary/aromatic N) is 1. The Morgan fingerprint density at radius 3 is 2.85 bits per heavy atom. The molecule has 1 fully saturated rings. The minimum absolute atomic E-state index is 0.571. The van der Waals surface area contributed by atoms with Gasteiger partial charge >= 0.3 is 0 Å². The molecular formula is C15H22Cl2N2O. The van der Waals surface area contributed by atoms with Gasteiger partial charge in [0.2, 0.25) is 0 Å². The summed E-state index contributed by atoms with van der Waals surface area (Å²) in [5.74, 6) is 0.706. The molecule has 2 rings (SSSR count). The minimum atomic E-state index is 0.571. The first-order chi connectivity index (χ1) is 9.70. The molecule has 1 aromatic rings. The van der Waals surface area contributed by atoms with Gasteiger partial charge in [-0.1, -0.05) is 30.1 Å². The summed E-state index contributed by atoms with van der Waals surface area (Å²) in [4.78, 5) is 2.50. The van der Waals surface area contributed by atoms with E-state index in [9.17, 15) is 0 Å². The molecule has 0 saturated carbocycles. The Hall–Kier alpha value is -0.480. The molecule has 1 saturated heterocycles. The third-order valence-electron chi connectivity index (χ3n) is 3.59. The normalized spacial score (nSPS) is 18.7. The van der Waals surface area contributed by atoms with Crippen molar-refractivity contribution in [3.05, 3.63) is 28.2 Å². The Labute approximate surface area is 131 Å². The van der Waals surface area contributed by atoms with Crippen LogP contribution in [0.4, 0.5) is 0 Å². The molecule has 20 heavy (non-hydrogen) atoms. The highest BCUT2D eigenvalue weighted by Gasteiger charge is 2.21. The minimum Gasteiger partial charge on any atom is -0.491 e. The first kappa shape index (κ1) is 15.9. The van der Waals surface area contributed by atoms with E-state index in [1.807, 2.05) is 6.07 Å². The van der Waals surface area contributed by atoms with Crippen molar-refractivity contribution in [1.29, 1.82) is 0 Å². The summed E-state index contributed by atoms with van der Waals surface area (Å²) < 4.78 is 5.78. The molecule has 0 aromatic heterocycles. The van der Waals surface area contributed by atoms with E-state index in [1.165, 1.54) is 6.42 Å². The third kappa shape index (κ3) is 4.52. The van der Waals surface area contributed by atoms with E-state index >= 15 is 0 Å². The Balaban J connectivity index is 1.83. The highest BCUT2D eigenvalue weighted by molar-refractivity contribution is 6.35. The second-order valence-corrected chi connectivity index (χ2v) is 5.95. The summed E-state index contributed by atoms with van der Waals surface area (Å²) in [5, 5.41) is 4.62. The van der Waals surface area contributed by atoms with Gasteiger partial charge in [0, 0.05) is 24.2 Å². The van der Waals surface area contributed by atoms with Crippen LogP contribution in [0.3, 0.4) is 0 Å². The molecule has 1 aliphatic rings. The number of benzene rings is 1. The highest BCUT2D eigenvalue weighted by Crippen LogP contribution is 2.27. The van der Waals surface area contributed by atoms with Crippen molar-refractivity contribution in [1.82, 2.24) is 10.2 Å². The lowest BCUT2D eigenvalue weighted by Crippen LogP contribution is -2.40. The predicted molar refractivity (Wildman–Crippen MR) is 85.1 cm³/mol. The molecule has 0 bridgehead atoms. The molecule has 1 aliphatic heterocycles. The molecule has 0 radical (unpaired) electrons. The third-order valence-corrected chi connectivity index (χ3v) is 4.12. The van der Waals surface area contributed by atoms with Crippen LogP contribution in [0.25, 0.3) is 0 Å². The van der Waals surface area contributed by atoms with Gasteiger partial charge in [-0.05, 0) is 44.1 Å². The molecule has 0 aliphatic carbocycles. The summed E-state index contributed by atoms with van der Waals surface area (Å²) in [6.45, 7) is 7.11. The van der Waals surface area contributed by atoms with Crippen molar-refractivity contribution >= 4 is 23.2 Å². The number of ether oxygens (including phenoxy) is 1. The zero-order valence-electron chi connectivity index (χ0n) is 11.9. The summed E-state index contributed by atoms with van der Waals surface area (Å²) in [7, 11) is 0. The summed E-state index contributed by atoms with van der Waals surface area (Å²) in [6.07, 6.45) is 2.39. The zero-order chi connectivity index (χ0) is 14.4. The van der Waals surface area contributed by atoms with Gasteiger partial charge in [-0.2, -0.15) is 0 Å². The second kappa shape index (κ2) is 8.08. The maximum absolute atomic E-state index is 6.10. The van der Waals surface area contributed by atoms with Gasteiger partial charge in [-0.15, -0.1) is 0 Å². The SMILES string of the molecule is CCCN(CCOc1ccc(Cl)cc1Cl)C1CCNC1. The maximum atomic E-state index is 6.10. The van der Waals surface area contributed by atoms with Gasteiger partial charge in [0.25, 0.3) is 0 Å². The van der Waals surface area contributed by atoms with Crippen molar-refractivity contribution < 1.29 is 4.74 Å². The van der Waals surface area contributed by atoms with Crippen molar-refractivity contribution in [3.63, 3.8) is 0 Å². The Bertz CT molecular complexity index is 422. The molecule has 1 atom stereocenters. The monoisotopic (exact) mass is 316 g/mol. The largest absolute Gasteiger partial charge is 0.491 e. The van der Waals surface area contributed by atoms with E-state index in [1.54, 1.807) is 12.1 Å². The average Bonchev–Trinajstić information content (AvgIpc) is 2.94. The predicted octanol–water partition coefficient (Wildman–Crippen LogP) is 3.45. The molecule has 5 heteroatoms. The molecule has 0 spiro atoms. The van der Waals surface area contributed by atoms with Crippen molar-refractivity contribution in [2.24, 2.45) is 0 Å². The number of nitrogens with one attached hydrogen (secondary N) is 1. The van der Waals surface area contributed by atoms with Crippen LogP contribution in [0, 0.1) is 0 Å². The van der Waals surface area contributed by atoms with Gasteiger partial charge < -0.3 is 10.1 Å². The van der Waals surface area contributed by atoms with E-state index in [0.29, 0.717) is 28.4 Å². The fourth-order valence-corrected chi connectivity index (χ4v) is 3.04. The quantitative estimate of drug-likeness (QED) is 0.834. The molecule has 1 unspecified atom stereocenters. The molecule has 1 aromatic carbocycles. The van der Waals surface area contributed by atoms with E-state index < -0.39 is 0 Å². The maximum Gasteiger partial charge on any atom is 0.138 e. The van der Waals surface area contributed by atoms with Crippen LogP contribution in [-0.4, -0.2) is 43.7 Å². The molecule has 1 N–H and O–H groups in total. The highest BCUT2D eigenvalue weighted by atomic mass is 35.5. The van der Waals surface area contributed by atoms with Crippen LogP contribution in [0.5, 0.6) is 5.75 Å². The van der Waals surface area contributed by atoms with Crippen molar-refractivity contribution in [2.45, 2.75) is 25.8 Å².